The average molecular weight is 252 g/mol. The molecule has 0 saturated carbocycles. The largest absolute Gasteiger partial charge is 0.467 e. The molecule has 0 aliphatic carbocycles. The van der Waals surface area contributed by atoms with Crippen LogP contribution in [0.3, 0.4) is 0 Å². The molecule has 0 fully saturated rings. The Balaban J connectivity index is 2.12. The van der Waals surface area contributed by atoms with Gasteiger partial charge in [-0.25, -0.2) is 0 Å². The molecule has 3 rings (SSSR count). The summed E-state index contributed by atoms with van der Waals surface area (Å²) in [5.41, 5.74) is 0. The van der Waals surface area contributed by atoms with Crippen molar-refractivity contribution in [2.24, 2.45) is 0 Å². The first kappa shape index (κ1) is 12.0. The van der Waals surface area contributed by atoms with E-state index in [-0.39, 0.29) is 0 Å². The third kappa shape index (κ3) is 2.27. The minimum Gasteiger partial charge on any atom is -0.467 e. The molecule has 96 valence electrons. The van der Waals surface area contributed by atoms with Crippen molar-refractivity contribution in [1.29, 1.82) is 0 Å². The van der Waals surface area contributed by atoms with E-state index in [1.165, 1.54) is 16.2 Å². The van der Waals surface area contributed by atoms with Gasteiger partial charge in [0.15, 0.2) is 6.79 Å². The van der Waals surface area contributed by atoms with E-state index in [2.05, 4.69) is 42.5 Å². The number of benzene rings is 3. The zero-order valence-corrected chi connectivity index (χ0v) is 10.9. The smallest absolute Gasteiger partial charge is 0.189 e. The molecule has 2 heteroatoms. The number of rotatable bonds is 4. The third-order valence-electron chi connectivity index (χ3n) is 3.25. The Morgan fingerprint density at radius 2 is 1.63 bits per heavy atom. The van der Waals surface area contributed by atoms with Crippen LogP contribution in [0.4, 0.5) is 0 Å². The lowest BCUT2D eigenvalue weighted by atomic mass is 10.0. The Bertz CT molecular complexity index is 704. The molecule has 0 heterocycles. The molecule has 2 nitrogen and oxygen atoms in total. The van der Waals surface area contributed by atoms with Gasteiger partial charge < -0.3 is 9.47 Å². The Labute approximate surface area is 112 Å². The molecule has 0 radical (unpaired) electrons. The van der Waals surface area contributed by atoms with Crippen LogP contribution in [0.15, 0.2) is 54.6 Å². The van der Waals surface area contributed by atoms with Crippen LogP contribution in [-0.4, -0.2) is 13.4 Å². The average Bonchev–Trinajstić information content (AvgIpc) is 2.47. The minimum atomic E-state index is 0.294. The lowest BCUT2D eigenvalue weighted by molar-refractivity contribution is 0.0233. The molecule has 0 unspecified atom stereocenters. The standard InChI is InChI=1S/C17H16O2/c1-2-18-12-19-17-9-5-8-15-14-7-4-3-6-13(14)10-11-16(15)17/h3-11H,2,12H2,1H3. The van der Waals surface area contributed by atoms with Gasteiger partial charge in [-0.2, -0.15) is 0 Å². The number of fused-ring (bicyclic) bond motifs is 3. The van der Waals surface area contributed by atoms with Gasteiger partial charge in [0.05, 0.1) is 0 Å². The molecule has 0 bridgehead atoms. The Morgan fingerprint density at radius 3 is 2.53 bits per heavy atom. The summed E-state index contributed by atoms with van der Waals surface area (Å²) >= 11 is 0. The Kier molecular flexibility index (Phi) is 3.34. The van der Waals surface area contributed by atoms with Crippen LogP contribution in [0.1, 0.15) is 6.92 Å². The molecule has 0 aliphatic heterocycles. The van der Waals surface area contributed by atoms with Crippen LogP contribution >= 0.6 is 0 Å². The van der Waals surface area contributed by atoms with Crippen molar-refractivity contribution in [3.8, 4) is 5.75 Å². The van der Waals surface area contributed by atoms with E-state index >= 15 is 0 Å². The summed E-state index contributed by atoms with van der Waals surface area (Å²) in [5, 5.41) is 4.84. The summed E-state index contributed by atoms with van der Waals surface area (Å²) < 4.78 is 10.9. The van der Waals surface area contributed by atoms with Crippen LogP contribution in [0.2, 0.25) is 0 Å². The predicted octanol–water partition coefficient (Wildman–Crippen LogP) is 4.37. The summed E-state index contributed by atoms with van der Waals surface area (Å²) in [6.07, 6.45) is 0. The van der Waals surface area contributed by atoms with Gasteiger partial charge in [0.25, 0.3) is 0 Å². The molecule has 0 spiro atoms. The summed E-state index contributed by atoms with van der Waals surface area (Å²) in [5.74, 6) is 0.872. The van der Waals surface area contributed by atoms with Crippen LogP contribution in [0.25, 0.3) is 21.5 Å². The van der Waals surface area contributed by atoms with Crippen molar-refractivity contribution in [3.05, 3.63) is 54.6 Å². The predicted molar refractivity (Wildman–Crippen MR) is 78.6 cm³/mol. The van der Waals surface area contributed by atoms with Crippen LogP contribution in [0, 0.1) is 0 Å². The lowest BCUT2D eigenvalue weighted by Crippen LogP contribution is -2.02. The fraction of sp³-hybridized carbons (Fsp3) is 0.176. The first-order valence-electron chi connectivity index (χ1n) is 6.51. The highest BCUT2D eigenvalue weighted by atomic mass is 16.7. The maximum atomic E-state index is 5.69. The number of ether oxygens (including phenoxy) is 2. The number of hydrogen-bond donors (Lipinski definition) is 0. The van der Waals surface area contributed by atoms with Gasteiger partial charge in [0.1, 0.15) is 5.75 Å². The molecule has 3 aromatic carbocycles. The monoisotopic (exact) mass is 252 g/mol. The topological polar surface area (TPSA) is 18.5 Å². The molecule has 3 aromatic rings. The van der Waals surface area contributed by atoms with Crippen LogP contribution < -0.4 is 4.74 Å². The van der Waals surface area contributed by atoms with E-state index < -0.39 is 0 Å². The van der Waals surface area contributed by atoms with Gasteiger partial charge in [-0.1, -0.05) is 48.5 Å². The lowest BCUT2D eigenvalue weighted by Gasteiger charge is -2.10. The molecular weight excluding hydrogens is 236 g/mol. The first-order valence-corrected chi connectivity index (χ1v) is 6.51. The van der Waals surface area contributed by atoms with E-state index in [1.54, 1.807) is 0 Å². The van der Waals surface area contributed by atoms with E-state index in [0.29, 0.717) is 13.4 Å². The molecule has 19 heavy (non-hydrogen) atoms. The summed E-state index contributed by atoms with van der Waals surface area (Å²) in [6, 6.07) is 18.8. The van der Waals surface area contributed by atoms with Crippen molar-refractivity contribution < 1.29 is 9.47 Å². The van der Waals surface area contributed by atoms with E-state index in [0.717, 1.165) is 11.1 Å². The number of hydrogen-bond acceptors (Lipinski definition) is 2. The highest BCUT2D eigenvalue weighted by molar-refractivity contribution is 6.09. The van der Waals surface area contributed by atoms with Crippen molar-refractivity contribution in [2.75, 3.05) is 13.4 Å². The van der Waals surface area contributed by atoms with Gasteiger partial charge in [0, 0.05) is 12.0 Å². The molecule has 0 saturated heterocycles. The normalized spacial score (nSPS) is 11.0. The zero-order valence-electron chi connectivity index (χ0n) is 10.9. The van der Waals surface area contributed by atoms with Crippen LogP contribution in [-0.2, 0) is 4.74 Å². The molecule has 0 N–H and O–H groups in total. The van der Waals surface area contributed by atoms with Crippen molar-refractivity contribution in [3.63, 3.8) is 0 Å². The van der Waals surface area contributed by atoms with Gasteiger partial charge >= 0.3 is 0 Å². The Hall–Kier alpha value is -2.06. The fourth-order valence-electron chi connectivity index (χ4n) is 2.33. The van der Waals surface area contributed by atoms with E-state index in [4.69, 9.17) is 9.47 Å². The Morgan fingerprint density at radius 1 is 0.789 bits per heavy atom. The fourth-order valence-corrected chi connectivity index (χ4v) is 2.33. The second-order valence-electron chi connectivity index (χ2n) is 4.39. The second kappa shape index (κ2) is 5.29. The van der Waals surface area contributed by atoms with Crippen molar-refractivity contribution in [2.45, 2.75) is 6.92 Å². The van der Waals surface area contributed by atoms with Gasteiger partial charge in [-0.3, -0.25) is 0 Å². The van der Waals surface area contributed by atoms with Crippen LogP contribution in [0.5, 0.6) is 5.75 Å². The maximum absolute atomic E-state index is 5.69. The minimum absolute atomic E-state index is 0.294. The molecular formula is C17H16O2. The molecule has 0 aliphatic rings. The first-order chi connectivity index (χ1) is 9.40. The third-order valence-corrected chi connectivity index (χ3v) is 3.25. The zero-order chi connectivity index (χ0) is 13.1. The van der Waals surface area contributed by atoms with Crippen molar-refractivity contribution >= 4 is 21.5 Å². The van der Waals surface area contributed by atoms with E-state index in [9.17, 15) is 0 Å². The molecule has 0 aromatic heterocycles. The highest BCUT2D eigenvalue weighted by Gasteiger charge is 2.05. The van der Waals surface area contributed by atoms with Gasteiger partial charge in [0.2, 0.25) is 0 Å². The summed E-state index contributed by atoms with van der Waals surface area (Å²) in [6.45, 7) is 2.91. The maximum Gasteiger partial charge on any atom is 0.189 e. The van der Waals surface area contributed by atoms with Gasteiger partial charge in [-0.15, -0.1) is 0 Å². The van der Waals surface area contributed by atoms with E-state index in [1.807, 2.05) is 19.1 Å². The molecule has 0 amide bonds. The second-order valence-corrected chi connectivity index (χ2v) is 4.39. The SMILES string of the molecule is CCOCOc1cccc2c1ccc1ccccc12. The summed E-state index contributed by atoms with van der Waals surface area (Å²) in [7, 11) is 0. The highest BCUT2D eigenvalue weighted by Crippen LogP contribution is 2.31. The quantitative estimate of drug-likeness (QED) is 0.390. The summed E-state index contributed by atoms with van der Waals surface area (Å²) in [4.78, 5) is 0. The van der Waals surface area contributed by atoms with Crippen molar-refractivity contribution in [1.82, 2.24) is 0 Å². The van der Waals surface area contributed by atoms with Gasteiger partial charge in [-0.05, 0) is 29.1 Å². The molecule has 0 atom stereocenters.